The quantitative estimate of drug-likeness (QED) is 0.469. The summed E-state index contributed by atoms with van der Waals surface area (Å²) in [7, 11) is 0. The highest BCUT2D eigenvalue weighted by atomic mass is 19.1. The van der Waals surface area contributed by atoms with Crippen molar-refractivity contribution in [1.82, 2.24) is 9.55 Å². The Morgan fingerprint density at radius 3 is 2.59 bits per heavy atom. The van der Waals surface area contributed by atoms with Crippen molar-refractivity contribution >= 4 is 11.9 Å². The monoisotopic (exact) mass is 487 g/mol. The maximum atomic E-state index is 14.6. The molecule has 1 aromatic heterocycles. The van der Waals surface area contributed by atoms with Gasteiger partial charge >= 0.3 is 11.8 Å². The van der Waals surface area contributed by atoms with Crippen LogP contribution in [0.15, 0.2) is 11.0 Å². The Labute approximate surface area is 197 Å². The zero-order valence-corrected chi connectivity index (χ0v) is 20.1. The fraction of sp³-hybridized carbons (Fsp3) is 0.773. The minimum absolute atomic E-state index is 0.164. The van der Waals surface area contributed by atoms with E-state index in [1.165, 1.54) is 0 Å². The fourth-order valence-electron chi connectivity index (χ4n) is 4.14. The average Bonchev–Trinajstić information content (AvgIpc) is 3.15. The molecule has 192 valence electrons. The predicted molar refractivity (Wildman–Crippen MR) is 118 cm³/mol. The number of rotatable bonds is 8. The normalized spacial score (nSPS) is 32.6. The molecule has 0 bridgehead atoms. The molecule has 3 unspecified atom stereocenters. The lowest BCUT2D eigenvalue weighted by atomic mass is 9.86. The van der Waals surface area contributed by atoms with Crippen LogP contribution in [0.2, 0.25) is 0 Å². The summed E-state index contributed by atoms with van der Waals surface area (Å²) in [5.74, 6) is -1.59. The highest BCUT2D eigenvalue weighted by Gasteiger charge is 2.53. The Kier molecular flexibility index (Phi) is 8.30. The van der Waals surface area contributed by atoms with Gasteiger partial charge in [-0.15, -0.1) is 0 Å². The Hall–Kier alpha value is -2.12. The lowest BCUT2D eigenvalue weighted by Crippen LogP contribution is -2.43. The van der Waals surface area contributed by atoms with Crippen molar-refractivity contribution in [3.63, 3.8) is 0 Å². The third-order valence-corrected chi connectivity index (χ3v) is 6.26. The van der Waals surface area contributed by atoms with Crippen molar-refractivity contribution in [3.8, 4) is 0 Å². The highest BCUT2D eigenvalue weighted by molar-refractivity contribution is 5.83. The van der Waals surface area contributed by atoms with E-state index >= 15 is 0 Å². The second kappa shape index (κ2) is 10.6. The number of carbonyl (C=O) groups excluding carboxylic acids is 1. The molecule has 3 N–H and O–H groups in total. The molecule has 11 nitrogen and oxygen atoms in total. The first-order valence-electron chi connectivity index (χ1n) is 11.5. The number of ether oxygens (including phenoxy) is 4. The Balaban J connectivity index is 1.70. The van der Waals surface area contributed by atoms with E-state index in [1.54, 1.807) is 27.7 Å². The van der Waals surface area contributed by atoms with Gasteiger partial charge in [-0.3, -0.25) is 9.88 Å². The predicted octanol–water partition coefficient (Wildman–Crippen LogP) is 1.92. The SMILES string of the molecule is CCCCCOC(=O)Nc1nc(=O)n(C2OC(C)[C@@H](O[C@H]3OC(C)[C@@H](O)C3(C)C)[C@H]2O)cc1F. The van der Waals surface area contributed by atoms with Crippen molar-refractivity contribution < 1.29 is 38.3 Å². The van der Waals surface area contributed by atoms with Gasteiger partial charge in [-0.25, -0.2) is 14.0 Å². The fourth-order valence-corrected chi connectivity index (χ4v) is 4.14. The summed E-state index contributed by atoms with van der Waals surface area (Å²) in [6.45, 7) is 9.07. The molecule has 2 aliphatic rings. The second-order valence-electron chi connectivity index (χ2n) is 9.36. The molecule has 2 fully saturated rings. The number of nitrogens with one attached hydrogen (secondary N) is 1. The van der Waals surface area contributed by atoms with E-state index in [4.69, 9.17) is 18.9 Å². The van der Waals surface area contributed by atoms with E-state index in [9.17, 15) is 24.2 Å². The first-order chi connectivity index (χ1) is 16.0. The molecule has 1 aromatic rings. The van der Waals surface area contributed by atoms with Crippen molar-refractivity contribution in [2.24, 2.45) is 5.41 Å². The molecule has 0 saturated carbocycles. The lowest BCUT2D eigenvalue weighted by Gasteiger charge is -2.31. The van der Waals surface area contributed by atoms with E-state index in [2.05, 4.69) is 10.3 Å². The summed E-state index contributed by atoms with van der Waals surface area (Å²) in [4.78, 5) is 27.9. The van der Waals surface area contributed by atoms with Gasteiger partial charge in [0.15, 0.2) is 24.2 Å². The molecule has 0 spiro atoms. The van der Waals surface area contributed by atoms with Gasteiger partial charge in [0, 0.05) is 5.41 Å². The Morgan fingerprint density at radius 2 is 1.97 bits per heavy atom. The second-order valence-corrected chi connectivity index (χ2v) is 9.36. The number of unbranched alkanes of at least 4 members (excludes halogenated alkanes) is 2. The van der Waals surface area contributed by atoms with Crippen LogP contribution < -0.4 is 11.0 Å². The van der Waals surface area contributed by atoms with E-state index in [0.717, 1.165) is 23.6 Å². The van der Waals surface area contributed by atoms with E-state index in [1.807, 2.05) is 6.92 Å². The first kappa shape index (κ1) is 26.5. The number of aliphatic hydroxyl groups excluding tert-OH is 2. The molecule has 0 radical (unpaired) electrons. The molecule has 0 aromatic carbocycles. The minimum atomic E-state index is -1.36. The summed E-state index contributed by atoms with van der Waals surface area (Å²) in [6.07, 6.45) is -3.94. The largest absolute Gasteiger partial charge is 0.449 e. The van der Waals surface area contributed by atoms with Crippen LogP contribution in [0.4, 0.5) is 15.0 Å². The molecule has 0 aliphatic carbocycles. The highest BCUT2D eigenvalue weighted by Crippen LogP contribution is 2.41. The zero-order valence-electron chi connectivity index (χ0n) is 20.1. The van der Waals surface area contributed by atoms with Gasteiger partial charge < -0.3 is 29.2 Å². The van der Waals surface area contributed by atoms with Crippen LogP contribution in [0.5, 0.6) is 0 Å². The third-order valence-electron chi connectivity index (χ3n) is 6.26. The van der Waals surface area contributed by atoms with Crippen molar-refractivity contribution in [2.75, 3.05) is 11.9 Å². The zero-order chi connectivity index (χ0) is 25.2. The number of carbonyl (C=O) groups is 1. The summed E-state index contributed by atoms with van der Waals surface area (Å²) in [6, 6.07) is 0. The summed E-state index contributed by atoms with van der Waals surface area (Å²) in [5.41, 5.74) is -1.69. The molecule has 7 atom stereocenters. The van der Waals surface area contributed by atoms with Crippen LogP contribution in [0.3, 0.4) is 0 Å². The number of nitrogens with zero attached hydrogens (tertiary/aromatic N) is 2. The number of amides is 1. The van der Waals surface area contributed by atoms with Crippen LogP contribution in [-0.2, 0) is 18.9 Å². The molecule has 3 heterocycles. The molecular formula is C22H34FN3O8. The van der Waals surface area contributed by atoms with Crippen LogP contribution in [0.25, 0.3) is 0 Å². The van der Waals surface area contributed by atoms with Crippen molar-refractivity contribution in [3.05, 3.63) is 22.5 Å². The number of halogens is 1. The summed E-state index contributed by atoms with van der Waals surface area (Å²) in [5, 5.41) is 23.3. The molecule has 12 heteroatoms. The van der Waals surface area contributed by atoms with Gasteiger partial charge in [-0.2, -0.15) is 4.98 Å². The maximum absolute atomic E-state index is 14.6. The molecule has 3 rings (SSSR count). The van der Waals surface area contributed by atoms with Crippen molar-refractivity contribution in [2.45, 2.75) is 96.9 Å². The minimum Gasteiger partial charge on any atom is -0.449 e. The van der Waals surface area contributed by atoms with Crippen molar-refractivity contribution in [1.29, 1.82) is 0 Å². The maximum Gasteiger partial charge on any atom is 0.412 e. The number of anilines is 1. The van der Waals surface area contributed by atoms with E-state index < -0.39 is 71.9 Å². The topological polar surface area (TPSA) is 141 Å². The van der Waals surface area contributed by atoms with Gasteiger partial charge in [-0.05, 0) is 20.3 Å². The summed E-state index contributed by atoms with van der Waals surface area (Å²) >= 11 is 0. The standard InChI is InChI=1S/C22H34FN3O8/c1-6-7-8-9-31-21(30)25-17-13(23)10-26(20(29)24-17)18-14(27)15(11(2)32-18)34-19-22(4,5)16(28)12(3)33-19/h10-12,14-16,18-19,27-28H,6-9H2,1-5H3,(H,24,25,29,30)/t11?,12?,14-,15-,16-,18?,19-/m1/s1. The summed E-state index contributed by atoms with van der Waals surface area (Å²) < 4.78 is 37.7. The Bertz CT molecular complexity index is 926. The molecular weight excluding hydrogens is 453 g/mol. The van der Waals surface area contributed by atoms with Gasteiger partial charge in [0.25, 0.3) is 0 Å². The average molecular weight is 488 g/mol. The van der Waals surface area contributed by atoms with Crippen LogP contribution in [0, 0.1) is 11.2 Å². The first-order valence-corrected chi connectivity index (χ1v) is 11.5. The lowest BCUT2D eigenvalue weighted by molar-refractivity contribution is -0.211. The molecule has 2 aliphatic heterocycles. The van der Waals surface area contributed by atoms with Gasteiger partial charge in [0.2, 0.25) is 0 Å². The molecule has 34 heavy (non-hydrogen) atoms. The van der Waals surface area contributed by atoms with Crippen LogP contribution in [0.1, 0.15) is 60.1 Å². The van der Waals surface area contributed by atoms with Crippen LogP contribution >= 0.6 is 0 Å². The third kappa shape index (κ3) is 5.41. The van der Waals surface area contributed by atoms with Gasteiger partial charge in [-0.1, -0.05) is 33.6 Å². The number of aliphatic hydroxyl groups is 2. The van der Waals surface area contributed by atoms with E-state index in [-0.39, 0.29) is 6.61 Å². The number of hydrogen-bond donors (Lipinski definition) is 3. The van der Waals surface area contributed by atoms with E-state index in [0.29, 0.717) is 6.42 Å². The van der Waals surface area contributed by atoms with Crippen LogP contribution in [-0.4, -0.2) is 69.3 Å². The number of aromatic nitrogens is 2. The number of hydrogen-bond acceptors (Lipinski definition) is 9. The van der Waals surface area contributed by atoms with Gasteiger partial charge in [0.05, 0.1) is 31.1 Å². The molecule has 1 amide bonds. The molecule has 2 saturated heterocycles. The van der Waals surface area contributed by atoms with Gasteiger partial charge in [0.1, 0.15) is 12.2 Å². The smallest absolute Gasteiger partial charge is 0.412 e. The Morgan fingerprint density at radius 1 is 1.26 bits per heavy atom.